The second-order valence-electron chi connectivity index (χ2n) is 6.22. The summed E-state index contributed by atoms with van der Waals surface area (Å²) in [5.74, 6) is -0.346. The van der Waals surface area contributed by atoms with Gasteiger partial charge in [0, 0.05) is 24.3 Å². The molecule has 0 aliphatic carbocycles. The molecule has 6 nitrogen and oxygen atoms in total. The van der Waals surface area contributed by atoms with E-state index in [9.17, 15) is 13.2 Å². The van der Waals surface area contributed by atoms with Crippen LogP contribution in [0.4, 0.5) is 5.69 Å². The van der Waals surface area contributed by atoms with Crippen molar-refractivity contribution in [2.45, 2.75) is 18.7 Å². The van der Waals surface area contributed by atoms with E-state index in [4.69, 9.17) is 16.0 Å². The van der Waals surface area contributed by atoms with Gasteiger partial charge >= 0.3 is 0 Å². The number of carbonyl (C=O) groups is 1. The number of sulfonamides is 1. The molecule has 1 N–H and O–H groups in total. The van der Waals surface area contributed by atoms with Crippen LogP contribution in [-0.4, -0.2) is 31.7 Å². The third-order valence-electron chi connectivity index (χ3n) is 4.47. The summed E-state index contributed by atoms with van der Waals surface area (Å²) in [6.45, 7) is 4.14. The Bertz CT molecular complexity index is 1110. The summed E-state index contributed by atoms with van der Waals surface area (Å²) >= 11 is 6.14. The summed E-state index contributed by atoms with van der Waals surface area (Å²) in [5, 5.41) is 2.79. The van der Waals surface area contributed by atoms with Crippen LogP contribution in [0.25, 0.3) is 11.1 Å². The van der Waals surface area contributed by atoms with E-state index >= 15 is 0 Å². The molecule has 0 unspecified atom stereocenters. The average Bonchev–Trinajstić information content (AvgIpc) is 3.21. The predicted octanol–water partition coefficient (Wildman–Crippen LogP) is 4.88. The maximum Gasteiger partial charge on any atom is 0.292 e. The van der Waals surface area contributed by atoms with E-state index in [-0.39, 0.29) is 15.7 Å². The highest BCUT2D eigenvalue weighted by Crippen LogP contribution is 2.29. The molecule has 2 aromatic carbocycles. The van der Waals surface area contributed by atoms with E-state index in [2.05, 4.69) is 5.32 Å². The van der Waals surface area contributed by atoms with Gasteiger partial charge in [0.25, 0.3) is 5.91 Å². The molecule has 152 valence electrons. The number of nitrogens with one attached hydrogen (secondary N) is 1. The van der Waals surface area contributed by atoms with Crippen LogP contribution in [-0.2, 0) is 10.0 Å². The first-order valence-corrected chi connectivity index (χ1v) is 10.9. The van der Waals surface area contributed by atoms with E-state index in [1.807, 2.05) is 30.3 Å². The topological polar surface area (TPSA) is 79.6 Å². The smallest absolute Gasteiger partial charge is 0.292 e. The van der Waals surface area contributed by atoms with Gasteiger partial charge < -0.3 is 9.73 Å². The lowest BCUT2D eigenvalue weighted by atomic mass is 10.1. The minimum absolute atomic E-state index is 0.0524. The highest BCUT2D eigenvalue weighted by Gasteiger charge is 2.25. The van der Waals surface area contributed by atoms with Gasteiger partial charge in [-0.1, -0.05) is 55.8 Å². The largest absolute Gasteiger partial charge is 0.459 e. The zero-order chi connectivity index (χ0) is 21.0. The number of carbonyl (C=O) groups excluding carboxylic acids is 1. The quantitative estimate of drug-likeness (QED) is 0.576. The number of nitrogens with zero attached hydrogens (tertiary/aromatic N) is 1. The molecule has 29 heavy (non-hydrogen) atoms. The van der Waals surface area contributed by atoms with E-state index < -0.39 is 15.9 Å². The van der Waals surface area contributed by atoms with Crippen LogP contribution in [0.15, 0.2) is 70.2 Å². The number of hydrogen-bond donors (Lipinski definition) is 1. The fraction of sp³-hybridized carbons (Fsp3) is 0.190. The number of anilines is 1. The van der Waals surface area contributed by atoms with Crippen LogP contribution in [0, 0.1) is 0 Å². The van der Waals surface area contributed by atoms with Gasteiger partial charge in [-0.25, -0.2) is 8.42 Å². The lowest BCUT2D eigenvalue weighted by Crippen LogP contribution is -2.30. The van der Waals surface area contributed by atoms with Crippen LogP contribution in [0.2, 0.25) is 5.02 Å². The van der Waals surface area contributed by atoms with Crippen molar-refractivity contribution in [1.82, 2.24) is 4.31 Å². The number of amides is 1. The van der Waals surface area contributed by atoms with Crippen LogP contribution in [0.5, 0.6) is 0 Å². The molecule has 1 aromatic heterocycles. The van der Waals surface area contributed by atoms with Gasteiger partial charge in [-0.2, -0.15) is 4.31 Å². The zero-order valence-corrected chi connectivity index (χ0v) is 17.6. The molecular weight excluding hydrogens is 412 g/mol. The normalized spacial score (nSPS) is 11.6. The third-order valence-corrected chi connectivity index (χ3v) is 7.00. The molecule has 0 saturated carbocycles. The molecule has 0 saturated heterocycles. The van der Waals surface area contributed by atoms with Gasteiger partial charge in [0.1, 0.15) is 4.90 Å². The van der Waals surface area contributed by atoms with Crippen molar-refractivity contribution in [3.05, 3.63) is 71.6 Å². The molecule has 0 radical (unpaired) electrons. The summed E-state index contributed by atoms with van der Waals surface area (Å²) in [7, 11) is -3.77. The summed E-state index contributed by atoms with van der Waals surface area (Å²) in [4.78, 5) is 12.7. The Hall–Kier alpha value is -2.61. The maximum atomic E-state index is 12.8. The van der Waals surface area contributed by atoms with Crippen molar-refractivity contribution in [2.75, 3.05) is 18.4 Å². The second kappa shape index (κ2) is 8.82. The Balaban J connectivity index is 1.91. The molecule has 1 amide bonds. The van der Waals surface area contributed by atoms with Crippen LogP contribution < -0.4 is 5.32 Å². The summed E-state index contributed by atoms with van der Waals surface area (Å²) in [6, 6.07) is 15.4. The van der Waals surface area contributed by atoms with Gasteiger partial charge in [0.2, 0.25) is 10.0 Å². The molecule has 0 atom stereocenters. The molecule has 3 aromatic rings. The minimum atomic E-state index is -3.77. The van der Waals surface area contributed by atoms with Gasteiger partial charge in [-0.05, 0) is 29.8 Å². The maximum absolute atomic E-state index is 12.8. The van der Waals surface area contributed by atoms with Crippen molar-refractivity contribution in [2.24, 2.45) is 0 Å². The highest BCUT2D eigenvalue weighted by molar-refractivity contribution is 7.89. The van der Waals surface area contributed by atoms with Crippen LogP contribution >= 0.6 is 11.6 Å². The summed E-state index contributed by atoms with van der Waals surface area (Å²) < 4.78 is 32.4. The Kier molecular flexibility index (Phi) is 6.42. The second-order valence-corrected chi connectivity index (χ2v) is 8.53. The minimum Gasteiger partial charge on any atom is -0.459 e. The van der Waals surface area contributed by atoms with E-state index in [0.29, 0.717) is 24.3 Å². The van der Waals surface area contributed by atoms with Gasteiger partial charge in [-0.15, -0.1) is 0 Å². The monoisotopic (exact) mass is 432 g/mol. The highest BCUT2D eigenvalue weighted by atomic mass is 35.5. The Morgan fingerprint density at radius 3 is 2.41 bits per heavy atom. The first-order valence-electron chi connectivity index (χ1n) is 9.12. The van der Waals surface area contributed by atoms with Gasteiger partial charge in [0.05, 0.1) is 11.3 Å². The molecule has 0 spiro atoms. The van der Waals surface area contributed by atoms with E-state index in [0.717, 1.165) is 5.56 Å². The van der Waals surface area contributed by atoms with Crippen LogP contribution in [0.1, 0.15) is 24.4 Å². The average molecular weight is 433 g/mol. The van der Waals surface area contributed by atoms with Gasteiger partial charge in [-0.3, -0.25) is 4.79 Å². The van der Waals surface area contributed by atoms with Gasteiger partial charge in [0.15, 0.2) is 5.76 Å². The Morgan fingerprint density at radius 1 is 1.07 bits per heavy atom. The number of halogens is 1. The fourth-order valence-electron chi connectivity index (χ4n) is 3.00. The first kappa shape index (κ1) is 21.1. The van der Waals surface area contributed by atoms with Crippen molar-refractivity contribution in [3.63, 3.8) is 0 Å². The standard InChI is InChI=1S/C21H21ClN2O4S/c1-3-24(4-2)29(26,27)19-14-16(10-11-18(19)22)23-21(25)20-17(12-13-28-20)15-8-6-5-7-9-15/h5-14H,3-4H2,1-2H3,(H,23,25). The first-order chi connectivity index (χ1) is 13.9. The lowest BCUT2D eigenvalue weighted by Gasteiger charge is -2.19. The number of benzene rings is 2. The third kappa shape index (κ3) is 4.37. The molecule has 0 aliphatic heterocycles. The van der Waals surface area contributed by atoms with Crippen molar-refractivity contribution in [1.29, 1.82) is 0 Å². The summed E-state index contributed by atoms with van der Waals surface area (Å²) in [6.07, 6.45) is 1.44. The zero-order valence-electron chi connectivity index (χ0n) is 16.1. The SMILES string of the molecule is CCN(CC)S(=O)(=O)c1cc(NC(=O)c2occc2-c2ccccc2)ccc1Cl. The number of furan rings is 1. The molecular formula is C21H21ClN2O4S. The number of hydrogen-bond acceptors (Lipinski definition) is 4. The Labute approximate surface area is 175 Å². The van der Waals surface area contributed by atoms with Crippen molar-refractivity contribution in [3.8, 4) is 11.1 Å². The molecule has 0 aliphatic rings. The van der Waals surface area contributed by atoms with Crippen LogP contribution in [0.3, 0.4) is 0 Å². The fourth-order valence-corrected chi connectivity index (χ4v) is 4.96. The number of rotatable bonds is 7. The molecule has 1 heterocycles. The molecule has 0 fully saturated rings. The Morgan fingerprint density at radius 2 is 1.76 bits per heavy atom. The summed E-state index contributed by atoms with van der Waals surface area (Å²) in [5.41, 5.74) is 1.79. The molecule has 3 rings (SSSR count). The van der Waals surface area contributed by atoms with E-state index in [1.54, 1.807) is 26.0 Å². The van der Waals surface area contributed by atoms with Crippen molar-refractivity contribution < 1.29 is 17.6 Å². The predicted molar refractivity (Wildman–Crippen MR) is 114 cm³/mol. The molecule has 8 heteroatoms. The van der Waals surface area contributed by atoms with E-state index in [1.165, 1.54) is 22.7 Å². The lowest BCUT2D eigenvalue weighted by molar-refractivity contribution is 0.0997. The van der Waals surface area contributed by atoms with Crippen molar-refractivity contribution >= 4 is 33.2 Å². The molecule has 0 bridgehead atoms.